The van der Waals surface area contributed by atoms with Crippen LogP contribution >= 0.6 is 34.8 Å². The molecule has 0 rings (SSSR count). The SMILES string of the molecule is CC(Cl)Cl.CCCCl. The lowest BCUT2D eigenvalue weighted by Crippen LogP contribution is -1.63. The van der Waals surface area contributed by atoms with Gasteiger partial charge in [0.1, 0.15) is 4.84 Å². The van der Waals surface area contributed by atoms with Crippen LogP contribution in [0.4, 0.5) is 0 Å². The second-order valence-electron chi connectivity index (χ2n) is 1.21. The molecule has 0 radical (unpaired) electrons. The maximum atomic E-state index is 5.19. The number of hydrogen-bond donors (Lipinski definition) is 0. The molecule has 0 aliphatic heterocycles. The Kier molecular flexibility index (Phi) is 15.7. The predicted molar refractivity (Wildman–Crippen MR) is 42.2 cm³/mol. The Morgan fingerprint density at radius 1 is 1.38 bits per heavy atom. The van der Waals surface area contributed by atoms with Crippen molar-refractivity contribution in [1.29, 1.82) is 0 Å². The van der Waals surface area contributed by atoms with Crippen LogP contribution in [0.15, 0.2) is 0 Å². The van der Waals surface area contributed by atoms with Crippen molar-refractivity contribution < 1.29 is 0 Å². The molecule has 52 valence electrons. The van der Waals surface area contributed by atoms with Crippen LogP contribution in [0, 0.1) is 0 Å². The third-order valence-corrected chi connectivity index (χ3v) is 0.567. The topological polar surface area (TPSA) is 0 Å². The quantitative estimate of drug-likeness (QED) is 0.538. The average Bonchev–Trinajstić information content (AvgIpc) is 1.65. The van der Waals surface area contributed by atoms with Gasteiger partial charge in [-0.3, -0.25) is 0 Å². The molecule has 0 aromatic heterocycles. The van der Waals surface area contributed by atoms with Crippen LogP contribution in [0.2, 0.25) is 0 Å². The maximum Gasteiger partial charge on any atom is 0.105 e. The van der Waals surface area contributed by atoms with Crippen molar-refractivity contribution in [2.24, 2.45) is 0 Å². The van der Waals surface area contributed by atoms with Crippen molar-refractivity contribution in [1.82, 2.24) is 0 Å². The van der Waals surface area contributed by atoms with Gasteiger partial charge in [-0.1, -0.05) is 6.92 Å². The van der Waals surface area contributed by atoms with Gasteiger partial charge in [0.25, 0.3) is 0 Å². The van der Waals surface area contributed by atoms with Gasteiger partial charge in [-0.2, -0.15) is 0 Å². The Balaban J connectivity index is 0. The lowest BCUT2D eigenvalue weighted by Gasteiger charge is -1.72. The molecule has 0 aromatic carbocycles. The highest BCUT2D eigenvalue weighted by atomic mass is 35.5. The van der Waals surface area contributed by atoms with Crippen molar-refractivity contribution in [3.63, 3.8) is 0 Å². The Labute approximate surface area is 66.1 Å². The van der Waals surface area contributed by atoms with E-state index in [0.717, 1.165) is 12.3 Å². The summed E-state index contributed by atoms with van der Waals surface area (Å²) < 4.78 is 0. The first kappa shape index (κ1) is 11.6. The smallest absolute Gasteiger partial charge is 0.105 e. The summed E-state index contributed by atoms with van der Waals surface area (Å²) in [5.41, 5.74) is 0. The highest BCUT2D eigenvalue weighted by Gasteiger charge is 1.75. The highest BCUT2D eigenvalue weighted by molar-refractivity contribution is 6.43. The van der Waals surface area contributed by atoms with Crippen LogP contribution < -0.4 is 0 Å². The molecule has 0 unspecified atom stereocenters. The van der Waals surface area contributed by atoms with Gasteiger partial charge in [-0.15, -0.1) is 34.8 Å². The monoisotopic (exact) mass is 176 g/mol. The fourth-order valence-corrected chi connectivity index (χ4v) is 0. The minimum atomic E-state index is -0.222. The summed E-state index contributed by atoms with van der Waals surface area (Å²) in [5.74, 6) is 0.792. The third kappa shape index (κ3) is 67.7. The van der Waals surface area contributed by atoms with Crippen LogP contribution in [-0.2, 0) is 0 Å². The van der Waals surface area contributed by atoms with Crippen molar-refractivity contribution in [2.75, 3.05) is 5.88 Å². The second-order valence-corrected chi connectivity index (χ2v) is 3.12. The summed E-state index contributed by atoms with van der Waals surface area (Å²) in [6.45, 7) is 3.75. The van der Waals surface area contributed by atoms with Gasteiger partial charge >= 0.3 is 0 Å². The fourth-order valence-electron chi connectivity index (χ4n) is 0. The molecule has 0 aliphatic carbocycles. The molecule has 3 heteroatoms. The van der Waals surface area contributed by atoms with Crippen molar-refractivity contribution >= 4 is 34.8 Å². The zero-order valence-corrected chi connectivity index (χ0v) is 7.39. The standard InChI is InChI=1S/C3H7Cl.C2H4Cl2/c1-2-3-4;1-2(3)4/h2-3H2,1H3;2H,1H3. The molecule has 0 nitrogen and oxygen atoms in total. The molecule has 0 saturated carbocycles. The summed E-state index contributed by atoms with van der Waals surface area (Å²) >= 11 is 15.3. The molecule has 0 fully saturated rings. The molecule has 0 amide bonds. The zero-order valence-electron chi connectivity index (χ0n) is 5.13. The van der Waals surface area contributed by atoms with Crippen LogP contribution in [0.25, 0.3) is 0 Å². The summed E-state index contributed by atoms with van der Waals surface area (Å²) in [5, 5.41) is 0. The van der Waals surface area contributed by atoms with E-state index in [1.54, 1.807) is 6.92 Å². The van der Waals surface area contributed by atoms with E-state index in [0.29, 0.717) is 0 Å². The van der Waals surface area contributed by atoms with Crippen LogP contribution in [0.3, 0.4) is 0 Å². The predicted octanol–water partition coefficient (Wildman–Crippen LogP) is 3.45. The summed E-state index contributed by atoms with van der Waals surface area (Å²) in [6.07, 6.45) is 1.08. The molecular formula is C5H11Cl3. The highest BCUT2D eigenvalue weighted by Crippen LogP contribution is 1.95. The first-order chi connectivity index (χ1) is 3.65. The number of hydrogen-bond acceptors (Lipinski definition) is 0. The molecule has 0 aliphatic rings. The van der Waals surface area contributed by atoms with Crippen molar-refractivity contribution in [3.05, 3.63) is 0 Å². The van der Waals surface area contributed by atoms with E-state index in [1.165, 1.54) is 0 Å². The van der Waals surface area contributed by atoms with Crippen molar-refractivity contribution in [2.45, 2.75) is 25.1 Å². The average molecular weight is 178 g/mol. The number of alkyl halides is 3. The van der Waals surface area contributed by atoms with E-state index >= 15 is 0 Å². The lowest BCUT2D eigenvalue weighted by atomic mass is 10.6. The summed E-state index contributed by atoms with van der Waals surface area (Å²) in [7, 11) is 0. The van der Waals surface area contributed by atoms with E-state index < -0.39 is 0 Å². The molecule has 0 saturated heterocycles. The van der Waals surface area contributed by atoms with Crippen LogP contribution in [0.1, 0.15) is 20.3 Å². The van der Waals surface area contributed by atoms with Gasteiger partial charge in [-0.25, -0.2) is 0 Å². The maximum absolute atomic E-state index is 5.19. The van der Waals surface area contributed by atoms with E-state index in [2.05, 4.69) is 0 Å². The van der Waals surface area contributed by atoms with Gasteiger partial charge in [0.2, 0.25) is 0 Å². The fraction of sp³-hybridized carbons (Fsp3) is 1.00. The first-order valence-electron chi connectivity index (χ1n) is 2.49. The number of rotatable bonds is 1. The van der Waals surface area contributed by atoms with Crippen molar-refractivity contribution in [3.8, 4) is 0 Å². The van der Waals surface area contributed by atoms with E-state index in [9.17, 15) is 0 Å². The molecule has 0 bridgehead atoms. The molecule has 0 aromatic rings. The van der Waals surface area contributed by atoms with Gasteiger partial charge in [0, 0.05) is 5.88 Å². The number of halogens is 3. The van der Waals surface area contributed by atoms with E-state index in [4.69, 9.17) is 34.8 Å². The summed E-state index contributed by atoms with van der Waals surface area (Å²) in [4.78, 5) is -0.222. The largest absolute Gasteiger partial charge is 0.127 e. The lowest BCUT2D eigenvalue weighted by molar-refractivity contribution is 1.10. The Morgan fingerprint density at radius 2 is 1.50 bits per heavy atom. The van der Waals surface area contributed by atoms with Gasteiger partial charge in [0.05, 0.1) is 0 Å². The molecular weight excluding hydrogens is 166 g/mol. The Morgan fingerprint density at radius 3 is 1.50 bits per heavy atom. The molecule has 0 heterocycles. The minimum absolute atomic E-state index is 0.222. The van der Waals surface area contributed by atoms with Gasteiger partial charge in [-0.05, 0) is 13.3 Å². The first-order valence-corrected chi connectivity index (χ1v) is 3.90. The van der Waals surface area contributed by atoms with Crippen LogP contribution in [0.5, 0.6) is 0 Å². The molecule has 0 N–H and O–H groups in total. The zero-order chi connectivity index (χ0) is 6.99. The Hall–Kier alpha value is 0.870. The van der Waals surface area contributed by atoms with Gasteiger partial charge in [0.15, 0.2) is 0 Å². The van der Waals surface area contributed by atoms with E-state index in [1.807, 2.05) is 6.92 Å². The second kappa shape index (κ2) is 10.8. The van der Waals surface area contributed by atoms with E-state index in [-0.39, 0.29) is 4.84 Å². The van der Waals surface area contributed by atoms with Crippen LogP contribution in [-0.4, -0.2) is 10.7 Å². The summed E-state index contributed by atoms with van der Waals surface area (Å²) in [6, 6.07) is 0. The molecule has 8 heavy (non-hydrogen) atoms. The molecule has 0 atom stereocenters. The normalized spacial score (nSPS) is 8.25. The Bertz CT molecular complexity index is 24.1. The minimum Gasteiger partial charge on any atom is -0.127 e. The molecule has 0 spiro atoms. The van der Waals surface area contributed by atoms with Gasteiger partial charge < -0.3 is 0 Å². The third-order valence-electron chi connectivity index (χ3n) is 0.189.